The minimum Gasteiger partial charge on any atom is -0.368 e. The highest BCUT2D eigenvalue weighted by atomic mass is 35.5. The number of nitrogens with one attached hydrogen (secondary N) is 1. The van der Waals surface area contributed by atoms with Gasteiger partial charge >= 0.3 is 0 Å². The number of benzene rings is 2. The number of aromatic amines is 1. The van der Waals surface area contributed by atoms with Gasteiger partial charge in [-0.1, -0.05) is 23.2 Å². The number of amides is 1. The van der Waals surface area contributed by atoms with Crippen LogP contribution in [-0.4, -0.2) is 47.0 Å². The molecule has 7 heteroatoms. The van der Waals surface area contributed by atoms with E-state index in [9.17, 15) is 4.79 Å². The lowest BCUT2D eigenvalue weighted by Crippen LogP contribution is -2.48. The number of aromatic nitrogens is 2. The third-order valence-corrected chi connectivity index (χ3v) is 5.23. The van der Waals surface area contributed by atoms with Gasteiger partial charge in [-0.3, -0.25) is 4.79 Å². The van der Waals surface area contributed by atoms with Gasteiger partial charge in [0.2, 0.25) is 0 Å². The van der Waals surface area contributed by atoms with Crippen LogP contribution in [0.15, 0.2) is 36.4 Å². The van der Waals surface area contributed by atoms with Crippen molar-refractivity contribution in [1.82, 2.24) is 14.9 Å². The Morgan fingerprint density at radius 2 is 1.85 bits per heavy atom. The summed E-state index contributed by atoms with van der Waals surface area (Å²) in [6, 6.07) is 11.2. The van der Waals surface area contributed by atoms with Crippen molar-refractivity contribution in [3.8, 4) is 0 Å². The van der Waals surface area contributed by atoms with Crippen molar-refractivity contribution in [3.05, 3.63) is 57.8 Å². The van der Waals surface area contributed by atoms with E-state index in [4.69, 9.17) is 23.2 Å². The van der Waals surface area contributed by atoms with Crippen molar-refractivity contribution in [2.24, 2.45) is 0 Å². The van der Waals surface area contributed by atoms with E-state index in [1.165, 1.54) is 0 Å². The van der Waals surface area contributed by atoms with E-state index in [0.717, 1.165) is 35.6 Å². The predicted molar refractivity (Wildman–Crippen MR) is 105 cm³/mol. The lowest BCUT2D eigenvalue weighted by atomic mass is 10.1. The molecule has 1 saturated heterocycles. The average Bonchev–Trinajstić information content (AvgIpc) is 3.00. The Kier molecular flexibility index (Phi) is 4.51. The molecule has 0 unspecified atom stereocenters. The zero-order valence-corrected chi connectivity index (χ0v) is 15.8. The van der Waals surface area contributed by atoms with Crippen molar-refractivity contribution in [1.29, 1.82) is 0 Å². The van der Waals surface area contributed by atoms with Gasteiger partial charge in [-0.25, -0.2) is 4.98 Å². The largest absolute Gasteiger partial charge is 0.368 e. The molecular formula is C19H18Cl2N4O. The molecule has 1 N–H and O–H groups in total. The second-order valence-electron chi connectivity index (χ2n) is 6.43. The van der Waals surface area contributed by atoms with E-state index in [0.29, 0.717) is 28.7 Å². The molecule has 2 heterocycles. The number of H-pyrrole nitrogens is 1. The number of anilines is 1. The minimum atomic E-state index is -0.0500. The van der Waals surface area contributed by atoms with Gasteiger partial charge in [0.1, 0.15) is 5.82 Å². The quantitative estimate of drug-likeness (QED) is 0.717. The van der Waals surface area contributed by atoms with Gasteiger partial charge in [0.05, 0.1) is 21.6 Å². The first-order valence-corrected chi connectivity index (χ1v) is 9.22. The van der Waals surface area contributed by atoms with Crippen LogP contribution < -0.4 is 4.90 Å². The van der Waals surface area contributed by atoms with Crippen LogP contribution in [0.2, 0.25) is 10.0 Å². The van der Waals surface area contributed by atoms with Crippen molar-refractivity contribution < 1.29 is 4.79 Å². The van der Waals surface area contributed by atoms with Crippen molar-refractivity contribution >= 4 is 45.8 Å². The van der Waals surface area contributed by atoms with Gasteiger partial charge in [-0.15, -0.1) is 0 Å². The summed E-state index contributed by atoms with van der Waals surface area (Å²) in [5, 5.41) is 0.922. The fraction of sp³-hybridized carbons (Fsp3) is 0.263. The summed E-state index contributed by atoms with van der Waals surface area (Å²) in [7, 11) is 0. The number of imidazole rings is 1. The maximum Gasteiger partial charge on any atom is 0.255 e. The first-order valence-electron chi connectivity index (χ1n) is 8.47. The summed E-state index contributed by atoms with van der Waals surface area (Å²) in [6.45, 7) is 4.80. The minimum absolute atomic E-state index is 0.0500. The van der Waals surface area contributed by atoms with Crippen LogP contribution in [0, 0.1) is 6.92 Å². The Morgan fingerprint density at radius 1 is 1.08 bits per heavy atom. The number of nitrogens with zero attached hydrogens (tertiary/aromatic N) is 3. The summed E-state index contributed by atoms with van der Waals surface area (Å²) in [6.07, 6.45) is 0. The van der Waals surface area contributed by atoms with Crippen LogP contribution in [0.1, 0.15) is 16.2 Å². The maximum absolute atomic E-state index is 12.7. The van der Waals surface area contributed by atoms with E-state index in [1.807, 2.05) is 17.9 Å². The van der Waals surface area contributed by atoms with E-state index in [1.54, 1.807) is 18.2 Å². The van der Waals surface area contributed by atoms with Gasteiger partial charge in [0.25, 0.3) is 5.91 Å². The van der Waals surface area contributed by atoms with E-state index in [-0.39, 0.29) is 5.91 Å². The Balaban J connectivity index is 1.46. The van der Waals surface area contributed by atoms with Crippen LogP contribution in [0.5, 0.6) is 0 Å². The van der Waals surface area contributed by atoms with Gasteiger partial charge in [0.15, 0.2) is 0 Å². The lowest BCUT2D eigenvalue weighted by Gasteiger charge is -2.36. The molecule has 1 aliphatic rings. The van der Waals surface area contributed by atoms with Crippen LogP contribution >= 0.6 is 23.2 Å². The number of carbonyl (C=O) groups is 1. The number of piperazine rings is 1. The first-order chi connectivity index (χ1) is 12.5. The van der Waals surface area contributed by atoms with E-state index in [2.05, 4.69) is 27.0 Å². The smallest absolute Gasteiger partial charge is 0.255 e. The Bertz CT molecular complexity index is 977. The topological polar surface area (TPSA) is 52.2 Å². The highest BCUT2D eigenvalue weighted by Gasteiger charge is 2.24. The highest BCUT2D eigenvalue weighted by Crippen LogP contribution is 2.25. The highest BCUT2D eigenvalue weighted by molar-refractivity contribution is 6.36. The molecule has 3 aromatic rings. The maximum atomic E-state index is 12.7. The second kappa shape index (κ2) is 6.82. The molecule has 2 aromatic carbocycles. The molecule has 0 aliphatic carbocycles. The zero-order chi connectivity index (χ0) is 18.3. The molecule has 1 aliphatic heterocycles. The number of hydrogen-bond acceptors (Lipinski definition) is 3. The molecule has 0 radical (unpaired) electrons. The zero-order valence-electron chi connectivity index (χ0n) is 14.3. The summed E-state index contributed by atoms with van der Waals surface area (Å²) >= 11 is 12.1. The summed E-state index contributed by atoms with van der Waals surface area (Å²) in [5.41, 5.74) is 3.64. The monoisotopic (exact) mass is 388 g/mol. The van der Waals surface area contributed by atoms with Crippen molar-refractivity contribution in [2.45, 2.75) is 6.92 Å². The van der Waals surface area contributed by atoms with Crippen LogP contribution in [0.25, 0.3) is 11.0 Å². The third-order valence-electron chi connectivity index (χ3n) is 4.68. The van der Waals surface area contributed by atoms with E-state index >= 15 is 0 Å². The van der Waals surface area contributed by atoms with Gasteiger partial charge in [-0.05, 0) is 43.3 Å². The molecule has 0 spiro atoms. The molecule has 0 atom stereocenters. The molecule has 134 valence electrons. The number of aryl methyl sites for hydroxylation is 1. The molecule has 5 nitrogen and oxygen atoms in total. The van der Waals surface area contributed by atoms with E-state index < -0.39 is 0 Å². The second-order valence-corrected chi connectivity index (χ2v) is 7.27. The van der Waals surface area contributed by atoms with Gasteiger partial charge in [0, 0.05) is 36.9 Å². The van der Waals surface area contributed by atoms with Crippen LogP contribution in [-0.2, 0) is 0 Å². The predicted octanol–water partition coefficient (Wildman–Crippen LogP) is 4.14. The molecule has 1 amide bonds. The molecule has 26 heavy (non-hydrogen) atoms. The first kappa shape index (κ1) is 17.2. The number of fused-ring (bicyclic) bond motifs is 1. The summed E-state index contributed by atoms with van der Waals surface area (Å²) in [5.74, 6) is 0.860. The summed E-state index contributed by atoms with van der Waals surface area (Å²) in [4.78, 5) is 24.5. The third kappa shape index (κ3) is 3.24. The van der Waals surface area contributed by atoms with Gasteiger partial charge < -0.3 is 14.8 Å². The lowest BCUT2D eigenvalue weighted by molar-refractivity contribution is 0.0747. The molecule has 1 fully saturated rings. The standard InChI is InChI=1S/C19H18Cl2N4O/c1-12-22-17-5-3-14(11-18(17)23-12)24-6-8-25(9-7-24)19(26)15-4-2-13(20)10-16(15)21/h2-5,10-11H,6-9H2,1H3,(H,22,23). The number of carbonyl (C=O) groups excluding carboxylic acids is 1. The molecule has 0 bridgehead atoms. The van der Waals surface area contributed by atoms with Gasteiger partial charge in [-0.2, -0.15) is 0 Å². The number of hydrogen-bond donors (Lipinski definition) is 1. The Labute approximate surface area is 161 Å². The molecular weight excluding hydrogens is 371 g/mol. The van der Waals surface area contributed by atoms with Crippen LogP contribution in [0.4, 0.5) is 5.69 Å². The number of halogens is 2. The van der Waals surface area contributed by atoms with Crippen LogP contribution in [0.3, 0.4) is 0 Å². The molecule has 0 saturated carbocycles. The Morgan fingerprint density at radius 3 is 2.58 bits per heavy atom. The van der Waals surface area contributed by atoms with Crippen molar-refractivity contribution in [2.75, 3.05) is 31.1 Å². The fourth-order valence-electron chi connectivity index (χ4n) is 3.32. The van der Waals surface area contributed by atoms with Crippen molar-refractivity contribution in [3.63, 3.8) is 0 Å². The Hall–Kier alpha value is -2.24. The number of rotatable bonds is 2. The molecule has 1 aromatic heterocycles. The average molecular weight is 389 g/mol. The fourth-order valence-corrected chi connectivity index (χ4v) is 3.81. The molecule has 4 rings (SSSR count). The summed E-state index contributed by atoms with van der Waals surface area (Å²) < 4.78 is 0. The SMILES string of the molecule is Cc1nc2ccc(N3CCN(C(=O)c4ccc(Cl)cc4Cl)CC3)cc2[nH]1. The normalized spacial score (nSPS) is 14.9.